The fraction of sp³-hybridized carbons (Fsp3) is 0.571. The van der Waals surface area contributed by atoms with Gasteiger partial charge >= 0.3 is 0 Å². The van der Waals surface area contributed by atoms with Gasteiger partial charge in [0.05, 0.1) is 5.54 Å². The van der Waals surface area contributed by atoms with Gasteiger partial charge in [0, 0.05) is 6.54 Å². The van der Waals surface area contributed by atoms with E-state index in [2.05, 4.69) is 36.3 Å². The van der Waals surface area contributed by atoms with Crippen molar-refractivity contribution < 1.29 is 9.47 Å². The van der Waals surface area contributed by atoms with Gasteiger partial charge in [-0.05, 0) is 51.2 Å². The highest BCUT2D eigenvalue weighted by molar-refractivity contribution is 5.46. The standard InChI is InChI=1S/C14H20N2O2/c1-14(9-15-6-3-7-16(14)2)11-4-5-12-13(8-11)18-10-17-12/h4-5,8,15H,3,6-7,9-10H2,1-2H3. The second-order valence-corrected chi connectivity index (χ2v) is 5.29. The summed E-state index contributed by atoms with van der Waals surface area (Å²) in [5, 5.41) is 3.52. The van der Waals surface area contributed by atoms with Crippen molar-refractivity contribution in [1.82, 2.24) is 10.2 Å². The van der Waals surface area contributed by atoms with Crippen LogP contribution in [0.25, 0.3) is 0 Å². The van der Waals surface area contributed by atoms with Crippen LogP contribution in [-0.4, -0.2) is 38.4 Å². The molecule has 1 aromatic rings. The highest BCUT2D eigenvalue weighted by atomic mass is 16.7. The molecule has 2 heterocycles. The maximum Gasteiger partial charge on any atom is 0.231 e. The molecule has 1 atom stereocenters. The molecule has 0 radical (unpaired) electrons. The monoisotopic (exact) mass is 248 g/mol. The third-order valence-corrected chi connectivity index (χ3v) is 4.15. The van der Waals surface area contributed by atoms with E-state index in [4.69, 9.17) is 9.47 Å². The van der Waals surface area contributed by atoms with Gasteiger partial charge in [-0.1, -0.05) is 6.07 Å². The van der Waals surface area contributed by atoms with Crippen LogP contribution in [0.2, 0.25) is 0 Å². The lowest BCUT2D eigenvalue weighted by Gasteiger charge is -2.38. The Balaban J connectivity index is 1.96. The fourth-order valence-corrected chi connectivity index (χ4v) is 2.71. The van der Waals surface area contributed by atoms with Crippen LogP contribution in [0.4, 0.5) is 0 Å². The molecule has 0 bridgehead atoms. The first-order valence-electron chi connectivity index (χ1n) is 6.52. The molecule has 4 nitrogen and oxygen atoms in total. The first kappa shape index (κ1) is 11.8. The zero-order valence-electron chi connectivity index (χ0n) is 11.0. The third-order valence-electron chi connectivity index (χ3n) is 4.15. The smallest absolute Gasteiger partial charge is 0.231 e. The molecule has 4 heteroatoms. The number of rotatable bonds is 1. The van der Waals surface area contributed by atoms with Crippen LogP contribution in [0.3, 0.4) is 0 Å². The van der Waals surface area contributed by atoms with Crippen LogP contribution in [0, 0.1) is 0 Å². The van der Waals surface area contributed by atoms with Gasteiger partial charge in [-0.25, -0.2) is 0 Å². The number of likely N-dealkylation sites (N-methyl/N-ethyl adjacent to an activating group) is 1. The van der Waals surface area contributed by atoms with Crippen molar-refractivity contribution in [2.75, 3.05) is 33.5 Å². The van der Waals surface area contributed by atoms with Gasteiger partial charge in [0.2, 0.25) is 6.79 Å². The molecule has 3 rings (SSSR count). The lowest BCUT2D eigenvalue weighted by molar-refractivity contribution is 0.151. The Labute approximate surface area is 108 Å². The summed E-state index contributed by atoms with van der Waals surface area (Å²) in [5.74, 6) is 1.72. The second-order valence-electron chi connectivity index (χ2n) is 5.29. The number of hydrogen-bond donors (Lipinski definition) is 1. The molecular weight excluding hydrogens is 228 g/mol. The molecular formula is C14H20N2O2. The van der Waals surface area contributed by atoms with Crippen molar-refractivity contribution in [1.29, 1.82) is 0 Å². The fourth-order valence-electron chi connectivity index (χ4n) is 2.71. The summed E-state index contributed by atoms with van der Waals surface area (Å²) >= 11 is 0. The molecule has 0 aromatic heterocycles. The summed E-state index contributed by atoms with van der Waals surface area (Å²) in [6, 6.07) is 6.28. The summed E-state index contributed by atoms with van der Waals surface area (Å²) in [4.78, 5) is 2.42. The van der Waals surface area contributed by atoms with E-state index in [1.165, 1.54) is 12.0 Å². The molecule has 1 fully saturated rings. The van der Waals surface area contributed by atoms with Crippen LogP contribution in [-0.2, 0) is 5.54 Å². The van der Waals surface area contributed by atoms with E-state index in [0.717, 1.165) is 31.1 Å². The van der Waals surface area contributed by atoms with Gasteiger partial charge in [-0.3, -0.25) is 4.90 Å². The predicted octanol–water partition coefficient (Wildman–Crippen LogP) is 1.56. The van der Waals surface area contributed by atoms with Crippen molar-refractivity contribution in [3.8, 4) is 11.5 Å². The van der Waals surface area contributed by atoms with Gasteiger partial charge in [0.1, 0.15) is 0 Å². The number of nitrogens with one attached hydrogen (secondary N) is 1. The minimum absolute atomic E-state index is 0.0114. The Bertz CT molecular complexity index is 449. The quantitative estimate of drug-likeness (QED) is 0.817. The molecule has 0 spiro atoms. The SMILES string of the molecule is CN1CCCNCC1(C)c1ccc2c(c1)OCO2. The van der Waals surface area contributed by atoms with Crippen LogP contribution >= 0.6 is 0 Å². The van der Waals surface area contributed by atoms with E-state index < -0.39 is 0 Å². The average molecular weight is 248 g/mol. The first-order chi connectivity index (χ1) is 8.70. The second kappa shape index (κ2) is 4.44. The molecule has 1 unspecified atom stereocenters. The van der Waals surface area contributed by atoms with E-state index >= 15 is 0 Å². The molecule has 2 aliphatic heterocycles. The number of fused-ring (bicyclic) bond motifs is 1. The lowest BCUT2D eigenvalue weighted by Crippen LogP contribution is -2.46. The summed E-state index contributed by atoms with van der Waals surface area (Å²) < 4.78 is 10.9. The van der Waals surface area contributed by atoms with Crippen LogP contribution < -0.4 is 14.8 Å². The van der Waals surface area contributed by atoms with Crippen molar-refractivity contribution >= 4 is 0 Å². The van der Waals surface area contributed by atoms with Crippen molar-refractivity contribution in [2.45, 2.75) is 18.9 Å². The third kappa shape index (κ3) is 1.85. The molecule has 0 amide bonds. The molecule has 1 N–H and O–H groups in total. The summed E-state index contributed by atoms with van der Waals surface area (Å²) in [6.07, 6.45) is 1.19. The molecule has 0 aliphatic carbocycles. The molecule has 1 aromatic carbocycles. The Morgan fingerprint density at radius 1 is 1.28 bits per heavy atom. The van der Waals surface area contributed by atoms with E-state index in [-0.39, 0.29) is 5.54 Å². The van der Waals surface area contributed by atoms with Crippen LogP contribution in [0.15, 0.2) is 18.2 Å². The molecule has 98 valence electrons. The first-order valence-corrected chi connectivity index (χ1v) is 6.52. The van der Waals surface area contributed by atoms with Crippen LogP contribution in [0.1, 0.15) is 18.9 Å². The highest BCUT2D eigenvalue weighted by Crippen LogP contribution is 2.37. The summed E-state index contributed by atoms with van der Waals surface area (Å²) in [6.45, 7) is 5.78. The van der Waals surface area contributed by atoms with E-state index in [0.29, 0.717) is 6.79 Å². The largest absolute Gasteiger partial charge is 0.454 e. The minimum atomic E-state index is 0.0114. The zero-order chi connectivity index (χ0) is 12.6. The number of ether oxygens (including phenoxy) is 2. The molecule has 0 saturated carbocycles. The Hall–Kier alpha value is -1.26. The Morgan fingerprint density at radius 3 is 3.00 bits per heavy atom. The Kier molecular flexibility index (Phi) is 2.92. The van der Waals surface area contributed by atoms with E-state index in [1.54, 1.807) is 0 Å². The maximum atomic E-state index is 5.48. The lowest BCUT2D eigenvalue weighted by atomic mass is 9.90. The minimum Gasteiger partial charge on any atom is -0.454 e. The number of nitrogens with zero attached hydrogens (tertiary/aromatic N) is 1. The molecule has 1 saturated heterocycles. The van der Waals surface area contributed by atoms with Gasteiger partial charge in [-0.15, -0.1) is 0 Å². The van der Waals surface area contributed by atoms with Crippen molar-refractivity contribution in [2.24, 2.45) is 0 Å². The van der Waals surface area contributed by atoms with Crippen LogP contribution in [0.5, 0.6) is 11.5 Å². The van der Waals surface area contributed by atoms with Crippen molar-refractivity contribution in [3.05, 3.63) is 23.8 Å². The van der Waals surface area contributed by atoms with E-state index in [9.17, 15) is 0 Å². The van der Waals surface area contributed by atoms with Crippen molar-refractivity contribution in [3.63, 3.8) is 0 Å². The van der Waals surface area contributed by atoms with Gasteiger partial charge in [-0.2, -0.15) is 0 Å². The zero-order valence-corrected chi connectivity index (χ0v) is 11.0. The molecule has 2 aliphatic rings. The number of benzene rings is 1. The summed E-state index contributed by atoms with van der Waals surface area (Å²) in [7, 11) is 2.19. The molecule has 18 heavy (non-hydrogen) atoms. The van der Waals surface area contributed by atoms with Gasteiger partial charge in [0.15, 0.2) is 11.5 Å². The highest BCUT2D eigenvalue weighted by Gasteiger charge is 2.33. The average Bonchev–Trinajstić information content (AvgIpc) is 2.77. The van der Waals surface area contributed by atoms with Gasteiger partial charge < -0.3 is 14.8 Å². The Morgan fingerprint density at radius 2 is 2.11 bits per heavy atom. The maximum absolute atomic E-state index is 5.48. The van der Waals surface area contributed by atoms with E-state index in [1.807, 2.05) is 6.07 Å². The predicted molar refractivity (Wildman–Crippen MR) is 70.0 cm³/mol. The van der Waals surface area contributed by atoms with Gasteiger partial charge in [0.25, 0.3) is 0 Å². The summed E-state index contributed by atoms with van der Waals surface area (Å²) in [5.41, 5.74) is 1.29. The number of hydrogen-bond acceptors (Lipinski definition) is 4. The normalized spacial score (nSPS) is 28.1. The topological polar surface area (TPSA) is 33.7 Å².